The highest BCUT2D eigenvalue weighted by Gasteiger charge is 2.24. The average Bonchev–Trinajstić information content (AvgIpc) is 2.90. The molecule has 2 N–H and O–H groups in total. The summed E-state index contributed by atoms with van der Waals surface area (Å²) in [7, 11) is 0. The van der Waals surface area contributed by atoms with Crippen LogP contribution in [0.1, 0.15) is 70.4 Å². The molecule has 0 saturated carbocycles. The smallest absolute Gasteiger partial charge is 0.340 e. The molecule has 0 bridgehead atoms. The van der Waals surface area contributed by atoms with Crippen LogP contribution in [0, 0.1) is 13.8 Å². The molecule has 134 valence electrons. The van der Waals surface area contributed by atoms with Gasteiger partial charge in [-0.3, -0.25) is 4.79 Å². The van der Waals surface area contributed by atoms with Gasteiger partial charge in [0.25, 0.3) is 5.91 Å². The van der Waals surface area contributed by atoms with E-state index in [1.165, 1.54) is 0 Å². The van der Waals surface area contributed by atoms with Crippen molar-refractivity contribution in [3.63, 3.8) is 0 Å². The summed E-state index contributed by atoms with van der Waals surface area (Å²) in [6.45, 7) is 7.69. The summed E-state index contributed by atoms with van der Waals surface area (Å²) in [5, 5.41) is 3.08. The molecular weight excluding hydrogens is 316 g/mol. The van der Waals surface area contributed by atoms with Crippen molar-refractivity contribution in [2.75, 3.05) is 6.61 Å². The zero-order valence-corrected chi connectivity index (χ0v) is 15.3. The second kappa shape index (κ2) is 8.51. The minimum absolute atomic E-state index is 0.0623. The molecule has 5 nitrogen and oxygen atoms in total. The summed E-state index contributed by atoms with van der Waals surface area (Å²) >= 11 is 0. The van der Waals surface area contributed by atoms with E-state index in [1.54, 1.807) is 20.8 Å². The summed E-state index contributed by atoms with van der Waals surface area (Å²) < 4.78 is 5.08. The van der Waals surface area contributed by atoms with Gasteiger partial charge in [-0.25, -0.2) is 4.79 Å². The van der Waals surface area contributed by atoms with Gasteiger partial charge in [-0.15, -0.1) is 0 Å². The number of amides is 1. The van der Waals surface area contributed by atoms with Gasteiger partial charge in [-0.1, -0.05) is 43.7 Å². The Morgan fingerprint density at radius 1 is 1.16 bits per heavy atom. The fourth-order valence-electron chi connectivity index (χ4n) is 3.01. The number of aromatic amines is 1. The average molecular weight is 342 g/mol. The third kappa shape index (κ3) is 4.29. The molecule has 1 atom stereocenters. The molecule has 1 aromatic carbocycles. The number of nitrogens with one attached hydrogen (secondary N) is 2. The molecular formula is C20H26N2O3. The Kier molecular flexibility index (Phi) is 6.39. The predicted molar refractivity (Wildman–Crippen MR) is 97.8 cm³/mol. The number of rotatable bonds is 7. The van der Waals surface area contributed by atoms with Crippen LogP contribution in [0.2, 0.25) is 0 Å². The zero-order chi connectivity index (χ0) is 18.4. The molecule has 1 amide bonds. The van der Waals surface area contributed by atoms with Gasteiger partial charge in [-0.2, -0.15) is 0 Å². The Bertz CT molecular complexity index is 735. The zero-order valence-electron chi connectivity index (χ0n) is 15.3. The fraction of sp³-hybridized carbons (Fsp3) is 0.400. The van der Waals surface area contributed by atoms with Gasteiger partial charge in [0.2, 0.25) is 0 Å². The van der Waals surface area contributed by atoms with Gasteiger partial charge in [-0.05, 0) is 38.3 Å². The van der Waals surface area contributed by atoms with Crippen molar-refractivity contribution >= 4 is 11.9 Å². The fourth-order valence-corrected chi connectivity index (χ4v) is 3.01. The van der Waals surface area contributed by atoms with Crippen molar-refractivity contribution < 1.29 is 14.3 Å². The van der Waals surface area contributed by atoms with Crippen LogP contribution in [-0.2, 0) is 4.74 Å². The molecule has 0 saturated heterocycles. The Morgan fingerprint density at radius 3 is 2.44 bits per heavy atom. The third-order valence-corrected chi connectivity index (χ3v) is 4.23. The van der Waals surface area contributed by atoms with Gasteiger partial charge < -0.3 is 15.0 Å². The molecule has 1 heterocycles. The largest absolute Gasteiger partial charge is 0.462 e. The Hall–Kier alpha value is -2.56. The molecule has 0 aliphatic heterocycles. The number of hydrogen-bond acceptors (Lipinski definition) is 3. The van der Waals surface area contributed by atoms with E-state index < -0.39 is 5.97 Å². The first-order valence-electron chi connectivity index (χ1n) is 8.71. The number of carbonyl (C=O) groups is 2. The van der Waals surface area contributed by atoms with Crippen molar-refractivity contribution in [2.45, 2.75) is 46.6 Å². The van der Waals surface area contributed by atoms with Crippen LogP contribution in [-0.4, -0.2) is 23.5 Å². The molecule has 0 fully saturated rings. The van der Waals surface area contributed by atoms with Crippen LogP contribution < -0.4 is 5.32 Å². The number of aryl methyl sites for hydroxylation is 1. The van der Waals surface area contributed by atoms with Gasteiger partial charge in [0.1, 0.15) is 5.69 Å². The van der Waals surface area contributed by atoms with Crippen LogP contribution in [0.3, 0.4) is 0 Å². The molecule has 0 aliphatic carbocycles. The highest BCUT2D eigenvalue weighted by molar-refractivity contribution is 6.00. The number of esters is 1. The van der Waals surface area contributed by atoms with E-state index in [-0.39, 0.29) is 11.9 Å². The van der Waals surface area contributed by atoms with Gasteiger partial charge in [0, 0.05) is 5.69 Å². The quantitative estimate of drug-likeness (QED) is 0.745. The van der Waals surface area contributed by atoms with Crippen LogP contribution in [0.4, 0.5) is 0 Å². The minimum atomic E-state index is -0.402. The second-order valence-electron chi connectivity index (χ2n) is 6.07. The number of benzene rings is 1. The first-order chi connectivity index (χ1) is 12.0. The molecule has 25 heavy (non-hydrogen) atoms. The Labute approximate surface area is 148 Å². The van der Waals surface area contributed by atoms with Crippen molar-refractivity contribution in [1.82, 2.24) is 10.3 Å². The van der Waals surface area contributed by atoms with E-state index in [0.717, 1.165) is 18.4 Å². The molecule has 5 heteroatoms. The number of carbonyl (C=O) groups excluding carboxylic acids is 2. The molecule has 2 rings (SSSR count). The Balaban J connectivity index is 2.25. The van der Waals surface area contributed by atoms with Gasteiger partial charge in [0.05, 0.1) is 18.2 Å². The standard InChI is InChI=1S/C20H26N2O3/c1-5-10-16(15-11-8-7-9-12-15)22-19(23)18-13(3)17(14(4)21-18)20(24)25-6-2/h7-9,11-12,16,21H,5-6,10H2,1-4H3,(H,22,23). The molecule has 0 radical (unpaired) electrons. The monoisotopic (exact) mass is 342 g/mol. The topological polar surface area (TPSA) is 71.2 Å². The van der Waals surface area contributed by atoms with Gasteiger partial charge in [0.15, 0.2) is 0 Å². The van der Waals surface area contributed by atoms with Crippen molar-refractivity contribution in [3.05, 3.63) is 58.4 Å². The van der Waals surface area contributed by atoms with Crippen LogP contribution in [0.5, 0.6) is 0 Å². The van der Waals surface area contributed by atoms with E-state index in [0.29, 0.717) is 29.1 Å². The van der Waals surface area contributed by atoms with Crippen molar-refractivity contribution in [3.8, 4) is 0 Å². The molecule has 2 aromatic rings. The van der Waals surface area contributed by atoms with E-state index in [1.807, 2.05) is 30.3 Å². The maximum absolute atomic E-state index is 12.8. The highest BCUT2D eigenvalue weighted by atomic mass is 16.5. The molecule has 0 aliphatic rings. The summed E-state index contributed by atoms with van der Waals surface area (Å²) in [4.78, 5) is 27.9. The van der Waals surface area contributed by atoms with Gasteiger partial charge >= 0.3 is 5.97 Å². The first kappa shape index (κ1) is 18.8. The number of H-pyrrole nitrogens is 1. The predicted octanol–water partition coefficient (Wildman–Crippen LogP) is 4.08. The van der Waals surface area contributed by atoms with E-state index in [9.17, 15) is 9.59 Å². The maximum atomic E-state index is 12.8. The lowest BCUT2D eigenvalue weighted by atomic mass is 10.0. The lowest BCUT2D eigenvalue weighted by Crippen LogP contribution is -2.29. The summed E-state index contributed by atoms with van der Waals surface area (Å²) in [6, 6.07) is 9.85. The minimum Gasteiger partial charge on any atom is -0.462 e. The maximum Gasteiger partial charge on any atom is 0.340 e. The number of aromatic nitrogens is 1. The summed E-state index contributed by atoms with van der Waals surface area (Å²) in [6.07, 6.45) is 1.80. The first-order valence-corrected chi connectivity index (χ1v) is 8.71. The number of ether oxygens (including phenoxy) is 1. The van der Waals surface area contributed by atoms with E-state index >= 15 is 0 Å². The SMILES string of the molecule is CCCC(NC(=O)c1[nH]c(C)c(C(=O)OCC)c1C)c1ccccc1. The van der Waals surface area contributed by atoms with Crippen LogP contribution in [0.15, 0.2) is 30.3 Å². The molecule has 1 aromatic heterocycles. The highest BCUT2D eigenvalue weighted by Crippen LogP contribution is 2.22. The molecule has 0 spiro atoms. The lowest BCUT2D eigenvalue weighted by molar-refractivity contribution is 0.0525. The van der Waals surface area contributed by atoms with Crippen LogP contribution in [0.25, 0.3) is 0 Å². The van der Waals surface area contributed by atoms with E-state index in [2.05, 4.69) is 17.2 Å². The Morgan fingerprint density at radius 2 is 1.84 bits per heavy atom. The number of hydrogen-bond donors (Lipinski definition) is 2. The van der Waals surface area contributed by atoms with Crippen molar-refractivity contribution in [2.24, 2.45) is 0 Å². The lowest BCUT2D eigenvalue weighted by Gasteiger charge is -2.18. The van der Waals surface area contributed by atoms with Crippen molar-refractivity contribution in [1.29, 1.82) is 0 Å². The second-order valence-corrected chi connectivity index (χ2v) is 6.07. The third-order valence-electron chi connectivity index (χ3n) is 4.23. The van der Waals surface area contributed by atoms with Crippen LogP contribution >= 0.6 is 0 Å². The normalized spacial score (nSPS) is 11.8. The molecule has 1 unspecified atom stereocenters. The summed E-state index contributed by atoms with van der Waals surface area (Å²) in [5.41, 5.74) is 3.20. The van der Waals surface area contributed by atoms with E-state index in [4.69, 9.17) is 4.74 Å². The summed E-state index contributed by atoms with van der Waals surface area (Å²) in [5.74, 6) is -0.612.